The third-order valence-electron chi connectivity index (χ3n) is 2.76. The zero-order chi connectivity index (χ0) is 11.5. The lowest BCUT2D eigenvalue weighted by atomic mass is 10.2. The van der Waals surface area contributed by atoms with Crippen molar-refractivity contribution < 1.29 is 4.79 Å². The van der Waals surface area contributed by atoms with Crippen molar-refractivity contribution in [2.45, 2.75) is 26.2 Å². The van der Waals surface area contributed by atoms with Crippen LogP contribution in [0, 0.1) is 17.2 Å². The Bertz CT molecular complexity index is 423. The second-order valence-electron chi connectivity index (χ2n) is 4.15. The minimum Gasteiger partial charge on any atom is -0.350 e. The number of nitrogens with zero attached hydrogens (tertiary/aromatic N) is 1. The van der Waals surface area contributed by atoms with Crippen molar-refractivity contribution in [2.24, 2.45) is 5.92 Å². The summed E-state index contributed by atoms with van der Waals surface area (Å²) in [7, 11) is 0. The van der Waals surface area contributed by atoms with E-state index in [9.17, 15) is 4.79 Å². The fraction of sp³-hybridized carbons (Fsp3) is 0.500. The highest BCUT2D eigenvalue weighted by molar-refractivity contribution is 7.14. The van der Waals surface area contributed by atoms with Crippen molar-refractivity contribution in [1.82, 2.24) is 5.32 Å². The van der Waals surface area contributed by atoms with Crippen LogP contribution in [0.5, 0.6) is 0 Å². The summed E-state index contributed by atoms with van der Waals surface area (Å²) in [4.78, 5) is 13.9. The number of hydrogen-bond donors (Lipinski definition) is 1. The molecule has 3 nitrogen and oxygen atoms in total. The van der Waals surface area contributed by atoms with Crippen LogP contribution in [0.2, 0.25) is 0 Å². The lowest BCUT2D eigenvalue weighted by Crippen LogP contribution is -2.27. The maximum atomic E-state index is 11.8. The summed E-state index contributed by atoms with van der Waals surface area (Å²) >= 11 is 1.59. The molecule has 1 aromatic rings. The number of thiophene rings is 1. The first kappa shape index (κ1) is 11.2. The Morgan fingerprint density at radius 1 is 1.69 bits per heavy atom. The molecule has 1 unspecified atom stereocenters. The summed E-state index contributed by atoms with van der Waals surface area (Å²) in [6.45, 7) is 2.23. The zero-order valence-corrected chi connectivity index (χ0v) is 10.1. The smallest absolute Gasteiger partial charge is 0.261 e. The normalized spacial score (nSPS) is 15.2. The second kappa shape index (κ2) is 4.67. The summed E-state index contributed by atoms with van der Waals surface area (Å²) in [5.41, 5.74) is 1.34. The van der Waals surface area contributed by atoms with Crippen molar-refractivity contribution in [3.05, 3.63) is 21.4 Å². The highest BCUT2D eigenvalue weighted by Gasteiger charge is 2.18. The first-order valence-electron chi connectivity index (χ1n) is 5.50. The molecule has 2 rings (SSSR count). The van der Waals surface area contributed by atoms with E-state index in [1.54, 1.807) is 18.3 Å². The van der Waals surface area contributed by atoms with Gasteiger partial charge in [-0.3, -0.25) is 4.79 Å². The van der Waals surface area contributed by atoms with Gasteiger partial charge in [-0.2, -0.15) is 5.26 Å². The average Bonchev–Trinajstić information content (AvgIpc) is 2.85. The Balaban J connectivity index is 1.97. The molecule has 1 aromatic heterocycles. The Hall–Kier alpha value is -1.34. The van der Waals surface area contributed by atoms with Crippen LogP contribution >= 0.6 is 11.3 Å². The molecular weight excluding hydrogens is 220 g/mol. The van der Waals surface area contributed by atoms with Crippen molar-refractivity contribution in [2.75, 3.05) is 6.54 Å². The molecule has 0 spiro atoms. The molecule has 0 saturated heterocycles. The molecule has 1 aliphatic carbocycles. The lowest BCUT2D eigenvalue weighted by molar-refractivity contribution is 0.0955. The number of carbonyl (C=O) groups is 1. The van der Waals surface area contributed by atoms with Crippen LogP contribution in [0.25, 0.3) is 0 Å². The van der Waals surface area contributed by atoms with Gasteiger partial charge in [-0.05, 0) is 37.8 Å². The van der Waals surface area contributed by atoms with Crippen molar-refractivity contribution in [3.8, 4) is 6.07 Å². The van der Waals surface area contributed by atoms with Gasteiger partial charge in [0.15, 0.2) is 0 Å². The molecule has 84 valence electrons. The predicted molar refractivity (Wildman–Crippen MR) is 63.5 cm³/mol. The number of amides is 1. The van der Waals surface area contributed by atoms with Crippen LogP contribution in [0.1, 0.15) is 33.5 Å². The first-order valence-corrected chi connectivity index (χ1v) is 6.31. The summed E-state index contributed by atoms with van der Waals surface area (Å²) in [5.74, 6) is -0.169. The molecule has 1 aliphatic rings. The van der Waals surface area contributed by atoms with Gasteiger partial charge in [0.05, 0.1) is 16.9 Å². The molecular formula is C12H14N2OS. The van der Waals surface area contributed by atoms with Crippen LogP contribution in [0.15, 0.2) is 6.07 Å². The number of nitrogens with one attached hydrogen (secondary N) is 1. The lowest BCUT2D eigenvalue weighted by Gasteiger charge is -2.03. The van der Waals surface area contributed by atoms with Crippen molar-refractivity contribution in [3.63, 3.8) is 0 Å². The van der Waals surface area contributed by atoms with E-state index >= 15 is 0 Å². The molecule has 0 aromatic carbocycles. The van der Waals surface area contributed by atoms with Gasteiger partial charge in [0.2, 0.25) is 0 Å². The Morgan fingerprint density at radius 2 is 2.50 bits per heavy atom. The van der Waals surface area contributed by atoms with Crippen LogP contribution in [0.4, 0.5) is 0 Å². The molecule has 0 bridgehead atoms. The summed E-state index contributed by atoms with van der Waals surface area (Å²) in [6, 6.07) is 4.10. The van der Waals surface area contributed by atoms with Crippen molar-refractivity contribution >= 4 is 17.2 Å². The van der Waals surface area contributed by atoms with Gasteiger partial charge in [0, 0.05) is 11.4 Å². The van der Waals surface area contributed by atoms with Crippen LogP contribution in [-0.2, 0) is 12.8 Å². The first-order chi connectivity index (χ1) is 7.70. The number of carbonyl (C=O) groups excluding carboxylic acids is 1. The highest BCUT2D eigenvalue weighted by Crippen LogP contribution is 2.30. The minimum atomic E-state index is -0.129. The predicted octanol–water partition coefficient (Wildman–Crippen LogP) is 2.13. The van der Waals surface area contributed by atoms with Gasteiger partial charge in [-0.1, -0.05) is 0 Å². The number of nitriles is 1. The third-order valence-corrected chi connectivity index (χ3v) is 4.00. The molecule has 0 fully saturated rings. The summed E-state index contributed by atoms with van der Waals surface area (Å²) < 4.78 is 0. The van der Waals surface area contributed by atoms with E-state index in [1.165, 1.54) is 16.9 Å². The molecule has 0 radical (unpaired) electrons. The van der Waals surface area contributed by atoms with Gasteiger partial charge >= 0.3 is 0 Å². The molecule has 1 amide bonds. The maximum absolute atomic E-state index is 11.8. The van der Waals surface area contributed by atoms with Gasteiger partial charge in [-0.25, -0.2) is 0 Å². The van der Waals surface area contributed by atoms with Crippen LogP contribution in [0.3, 0.4) is 0 Å². The number of fused-ring (bicyclic) bond motifs is 1. The number of hydrogen-bond acceptors (Lipinski definition) is 3. The average molecular weight is 234 g/mol. The molecule has 0 aliphatic heterocycles. The Labute approximate surface area is 99.1 Å². The quantitative estimate of drug-likeness (QED) is 0.871. The molecule has 1 heterocycles. The van der Waals surface area contributed by atoms with E-state index in [0.29, 0.717) is 6.54 Å². The van der Waals surface area contributed by atoms with E-state index in [1.807, 2.05) is 6.07 Å². The summed E-state index contributed by atoms with van der Waals surface area (Å²) in [6.07, 6.45) is 3.43. The summed E-state index contributed by atoms with van der Waals surface area (Å²) in [5, 5.41) is 11.4. The topological polar surface area (TPSA) is 52.9 Å². The third kappa shape index (κ3) is 2.25. The van der Waals surface area contributed by atoms with E-state index in [4.69, 9.17) is 5.26 Å². The SMILES string of the molecule is CC(C#N)CNC(=O)c1cc2c(s1)CCC2. The Morgan fingerprint density at radius 3 is 3.19 bits per heavy atom. The number of rotatable bonds is 3. The highest BCUT2D eigenvalue weighted by atomic mass is 32.1. The largest absolute Gasteiger partial charge is 0.350 e. The fourth-order valence-electron chi connectivity index (χ4n) is 1.82. The van der Waals surface area contributed by atoms with Gasteiger partial charge in [-0.15, -0.1) is 11.3 Å². The molecule has 16 heavy (non-hydrogen) atoms. The zero-order valence-electron chi connectivity index (χ0n) is 9.25. The fourth-order valence-corrected chi connectivity index (χ4v) is 2.99. The molecule has 4 heteroatoms. The minimum absolute atomic E-state index is 0.0403. The molecule has 0 saturated carbocycles. The maximum Gasteiger partial charge on any atom is 0.261 e. The van der Waals surface area contributed by atoms with Gasteiger partial charge in [0.25, 0.3) is 5.91 Å². The van der Waals surface area contributed by atoms with E-state index in [2.05, 4.69) is 11.4 Å². The monoisotopic (exact) mass is 234 g/mol. The number of aryl methyl sites for hydroxylation is 2. The van der Waals surface area contributed by atoms with Crippen LogP contribution in [-0.4, -0.2) is 12.5 Å². The van der Waals surface area contributed by atoms with Crippen LogP contribution < -0.4 is 5.32 Å². The molecule has 1 atom stereocenters. The molecule has 1 N–H and O–H groups in total. The van der Waals surface area contributed by atoms with Gasteiger partial charge in [0.1, 0.15) is 0 Å². The second-order valence-corrected chi connectivity index (χ2v) is 5.29. The Kier molecular flexibility index (Phi) is 3.25. The van der Waals surface area contributed by atoms with E-state index in [0.717, 1.165) is 17.7 Å². The van der Waals surface area contributed by atoms with Gasteiger partial charge < -0.3 is 5.32 Å². The van der Waals surface area contributed by atoms with E-state index < -0.39 is 0 Å². The standard InChI is InChI=1S/C12H14N2OS/c1-8(6-13)7-14-12(15)11-5-9-3-2-4-10(9)16-11/h5,8H,2-4,7H2,1H3,(H,14,15). The van der Waals surface area contributed by atoms with Crippen molar-refractivity contribution in [1.29, 1.82) is 5.26 Å². The van der Waals surface area contributed by atoms with E-state index in [-0.39, 0.29) is 11.8 Å².